The SMILES string of the molecule is CCCCc1nc(Cl)c(C(=O)c2cccc(C=O)n2)n1Cc1ccc(-c2ccccc2-c2nn[nH]n2)cc1. The van der Waals surface area contributed by atoms with Crippen LogP contribution in [0, 0.1) is 0 Å². The van der Waals surface area contributed by atoms with Gasteiger partial charge >= 0.3 is 0 Å². The lowest BCUT2D eigenvalue weighted by Crippen LogP contribution is -2.15. The Morgan fingerprint density at radius 2 is 1.79 bits per heavy atom. The van der Waals surface area contributed by atoms with Crippen LogP contribution in [0.15, 0.2) is 66.7 Å². The molecule has 2 aromatic carbocycles. The zero-order chi connectivity index (χ0) is 26.5. The third-order valence-corrected chi connectivity index (χ3v) is 6.48. The molecule has 0 aliphatic carbocycles. The van der Waals surface area contributed by atoms with Crippen LogP contribution >= 0.6 is 11.6 Å². The smallest absolute Gasteiger partial charge is 0.230 e. The number of benzene rings is 2. The molecule has 0 aliphatic rings. The first-order valence-corrected chi connectivity index (χ1v) is 12.6. The quantitative estimate of drug-likeness (QED) is 0.196. The van der Waals surface area contributed by atoms with Gasteiger partial charge in [-0.1, -0.05) is 79.5 Å². The fraction of sp³-hybridized carbons (Fsp3) is 0.179. The number of carbonyl (C=O) groups excluding carboxylic acids is 2. The maximum absolute atomic E-state index is 13.5. The zero-order valence-electron chi connectivity index (χ0n) is 20.6. The normalized spacial score (nSPS) is 11.0. The van der Waals surface area contributed by atoms with Gasteiger partial charge in [-0.15, -0.1) is 10.2 Å². The number of hydrogen-bond acceptors (Lipinski definition) is 7. The Labute approximate surface area is 223 Å². The number of unbranched alkanes of at least 4 members (excludes halogenated alkanes) is 1. The van der Waals surface area contributed by atoms with Crippen LogP contribution in [-0.2, 0) is 13.0 Å². The molecule has 3 aromatic heterocycles. The van der Waals surface area contributed by atoms with Crippen LogP contribution in [0.2, 0.25) is 5.15 Å². The Hall–Kier alpha value is -4.50. The lowest BCUT2D eigenvalue weighted by atomic mass is 9.98. The summed E-state index contributed by atoms with van der Waals surface area (Å²) in [6.07, 6.45) is 3.18. The second kappa shape index (κ2) is 11.3. The molecule has 0 bridgehead atoms. The summed E-state index contributed by atoms with van der Waals surface area (Å²) in [5, 5.41) is 14.5. The van der Waals surface area contributed by atoms with Crippen molar-refractivity contribution < 1.29 is 9.59 Å². The highest BCUT2D eigenvalue weighted by Gasteiger charge is 2.24. The molecule has 0 saturated carbocycles. The van der Waals surface area contributed by atoms with E-state index in [-0.39, 0.29) is 28.0 Å². The topological polar surface area (TPSA) is 119 Å². The molecule has 0 amide bonds. The van der Waals surface area contributed by atoms with Crippen LogP contribution in [0.4, 0.5) is 0 Å². The van der Waals surface area contributed by atoms with Crippen molar-refractivity contribution in [2.24, 2.45) is 0 Å². The molecule has 38 heavy (non-hydrogen) atoms. The Kier molecular flexibility index (Phi) is 7.46. The van der Waals surface area contributed by atoms with Gasteiger partial charge < -0.3 is 4.57 Å². The second-order valence-corrected chi connectivity index (χ2v) is 9.09. The van der Waals surface area contributed by atoms with Crippen molar-refractivity contribution >= 4 is 23.7 Å². The first-order valence-electron chi connectivity index (χ1n) is 12.2. The van der Waals surface area contributed by atoms with Gasteiger partial charge in [0.05, 0.1) is 0 Å². The predicted molar refractivity (Wildman–Crippen MR) is 143 cm³/mol. The van der Waals surface area contributed by atoms with Crippen LogP contribution < -0.4 is 0 Å². The van der Waals surface area contributed by atoms with E-state index in [1.165, 1.54) is 0 Å². The Morgan fingerprint density at radius 1 is 1.00 bits per heavy atom. The number of rotatable bonds is 10. The van der Waals surface area contributed by atoms with Crippen LogP contribution in [-0.4, -0.2) is 47.2 Å². The van der Waals surface area contributed by atoms with E-state index in [0.29, 0.717) is 25.1 Å². The van der Waals surface area contributed by atoms with Crippen LogP contribution in [0.1, 0.15) is 57.8 Å². The molecular weight excluding hydrogens is 502 g/mol. The highest BCUT2D eigenvalue weighted by Crippen LogP contribution is 2.30. The van der Waals surface area contributed by atoms with Crippen LogP contribution in [0.25, 0.3) is 22.5 Å². The summed E-state index contributed by atoms with van der Waals surface area (Å²) in [6, 6.07) is 20.7. The number of aromatic amines is 1. The fourth-order valence-electron chi connectivity index (χ4n) is 4.32. The van der Waals surface area contributed by atoms with Crippen molar-refractivity contribution in [1.82, 2.24) is 35.2 Å². The molecule has 3 heterocycles. The number of pyridine rings is 1. The number of aromatic nitrogens is 7. The summed E-state index contributed by atoms with van der Waals surface area (Å²) in [7, 11) is 0. The highest BCUT2D eigenvalue weighted by atomic mass is 35.5. The summed E-state index contributed by atoms with van der Waals surface area (Å²) < 4.78 is 1.86. The largest absolute Gasteiger partial charge is 0.319 e. The Bertz CT molecular complexity index is 1580. The number of carbonyl (C=O) groups is 2. The molecule has 0 fully saturated rings. The maximum atomic E-state index is 13.5. The molecule has 190 valence electrons. The fourth-order valence-corrected chi connectivity index (χ4v) is 4.61. The van der Waals surface area contributed by atoms with Gasteiger partial charge in [0.1, 0.15) is 22.9 Å². The molecule has 0 radical (unpaired) electrons. The van der Waals surface area contributed by atoms with Crippen molar-refractivity contribution in [3.8, 4) is 22.5 Å². The minimum atomic E-state index is -0.375. The van der Waals surface area contributed by atoms with Gasteiger partial charge in [0, 0.05) is 18.5 Å². The number of tetrazole rings is 1. The van der Waals surface area contributed by atoms with Crippen molar-refractivity contribution in [2.75, 3.05) is 0 Å². The maximum Gasteiger partial charge on any atom is 0.230 e. The first-order chi connectivity index (χ1) is 18.6. The van der Waals surface area contributed by atoms with Gasteiger partial charge in [-0.05, 0) is 40.5 Å². The van der Waals surface area contributed by atoms with Gasteiger partial charge in [-0.25, -0.2) is 9.97 Å². The minimum absolute atomic E-state index is 0.130. The average Bonchev–Trinajstić information content (AvgIpc) is 3.60. The lowest BCUT2D eigenvalue weighted by molar-refractivity contribution is 0.102. The average molecular weight is 526 g/mol. The van der Waals surface area contributed by atoms with Gasteiger partial charge in [0.25, 0.3) is 0 Å². The van der Waals surface area contributed by atoms with E-state index in [2.05, 4.69) is 37.5 Å². The van der Waals surface area contributed by atoms with Crippen molar-refractivity contribution in [3.63, 3.8) is 0 Å². The standard InChI is InChI=1S/C28H24ClN7O2/c1-2-3-11-24-31-27(29)25(26(38)23-10-6-7-20(17-37)30-23)36(24)16-18-12-14-19(15-13-18)21-8-4-5-9-22(21)28-32-34-35-33-28/h4-10,12-15,17H,2-3,11,16H2,1H3,(H,32,33,34,35). The molecule has 0 saturated heterocycles. The number of nitrogens with one attached hydrogen (secondary N) is 1. The van der Waals surface area contributed by atoms with E-state index in [0.717, 1.165) is 40.9 Å². The van der Waals surface area contributed by atoms with E-state index < -0.39 is 0 Å². The second-order valence-electron chi connectivity index (χ2n) is 8.73. The number of hydrogen-bond donors (Lipinski definition) is 1. The number of ketones is 1. The molecule has 10 heteroatoms. The van der Waals surface area contributed by atoms with E-state index in [9.17, 15) is 9.59 Å². The lowest BCUT2D eigenvalue weighted by Gasteiger charge is -2.13. The number of H-pyrrole nitrogens is 1. The van der Waals surface area contributed by atoms with E-state index in [1.54, 1.807) is 18.2 Å². The van der Waals surface area contributed by atoms with Gasteiger partial charge in [0.15, 0.2) is 11.4 Å². The molecular formula is C28H24ClN7O2. The van der Waals surface area contributed by atoms with E-state index >= 15 is 0 Å². The Morgan fingerprint density at radius 3 is 2.50 bits per heavy atom. The molecule has 0 atom stereocenters. The summed E-state index contributed by atoms with van der Waals surface area (Å²) in [6.45, 7) is 2.50. The minimum Gasteiger partial charge on any atom is -0.319 e. The molecule has 0 aliphatic heterocycles. The molecule has 1 N–H and O–H groups in total. The van der Waals surface area contributed by atoms with E-state index in [4.69, 9.17) is 11.6 Å². The van der Waals surface area contributed by atoms with Crippen molar-refractivity contribution in [1.29, 1.82) is 0 Å². The highest BCUT2D eigenvalue weighted by molar-refractivity contribution is 6.33. The van der Waals surface area contributed by atoms with Crippen molar-refractivity contribution in [2.45, 2.75) is 32.7 Å². The molecule has 0 unspecified atom stereocenters. The van der Waals surface area contributed by atoms with Gasteiger partial charge in [0.2, 0.25) is 11.6 Å². The monoisotopic (exact) mass is 525 g/mol. The first kappa shape index (κ1) is 25.2. The van der Waals surface area contributed by atoms with E-state index in [1.807, 2.05) is 53.1 Å². The van der Waals surface area contributed by atoms with Crippen LogP contribution in [0.5, 0.6) is 0 Å². The number of halogens is 1. The number of nitrogens with zero attached hydrogens (tertiary/aromatic N) is 6. The zero-order valence-corrected chi connectivity index (χ0v) is 21.4. The number of aryl methyl sites for hydroxylation is 1. The number of imidazole rings is 1. The summed E-state index contributed by atoms with van der Waals surface area (Å²) >= 11 is 6.52. The number of aldehydes is 1. The summed E-state index contributed by atoms with van der Waals surface area (Å²) in [5.41, 5.74) is 4.41. The molecule has 5 rings (SSSR count). The predicted octanol–water partition coefficient (Wildman–Crippen LogP) is 5.21. The van der Waals surface area contributed by atoms with Crippen molar-refractivity contribution in [3.05, 3.63) is 100 Å². The third kappa shape index (κ3) is 5.14. The summed E-state index contributed by atoms with van der Waals surface area (Å²) in [4.78, 5) is 33.4. The molecule has 0 spiro atoms. The Balaban J connectivity index is 1.49. The molecule has 9 nitrogen and oxygen atoms in total. The van der Waals surface area contributed by atoms with Gasteiger partial charge in [-0.2, -0.15) is 5.21 Å². The third-order valence-electron chi connectivity index (χ3n) is 6.22. The summed E-state index contributed by atoms with van der Waals surface area (Å²) in [5.74, 6) is 0.881. The van der Waals surface area contributed by atoms with Crippen LogP contribution in [0.3, 0.4) is 0 Å². The van der Waals surface area contributed by atoms with Gasteiger partial charge in [-0.3, -0.25) is 9.59 Å². The molecule has 5 aromatic rings.